The van der Waals surface area contributed by atoms with Gasteiger partial charge in [-0.2, -0.15) is 13.2 Å². The molecule has 1 unspecified atom stereocenters. The molecule has 10 heteroatoms. The number of aliphatic hydroxyl groups is 1. The van der Waals surface area contributed by atoms with Crippen molar-refractivity contribution >= 4 is 23.3 Å². The lowest BCUT2D eigenvalue weighted by molar-refractivity contribution is -0.137. The van der Waals surface area contributed by atoms with Crippen molar-refractivity contribution in [3.63, 3.8) is 0 Å². The van der Waals surface area contributed by atoms with Crippen molar-refractivity contribution < 1.29 is 28.2 Å². The Morgan fingerprint density at radius 3 is 2.55 bits per heavy atom. The Balaban J connectivity index is 1.65. The fraction of sp³-hybridized carbons (Fsp3) is 0.190. The molecule has 0 bridgehead atoms. The predicted octanol–water partition coefficient (Wildman–Crippen LogP) is 4.46. The average molecular weight is 430 g/mol. The van der Waals surface area contributed by atoms with Crippen LogP contribution >= 0.6 is 0 Å². The Hall–Kier alpha value is -3.66. The van der Waals surface area contributed by atoms with E-state index in [1.54, 1.807) is 0 Å². The molecule has 2 aromatic carbocycles. The highest BCUT2D eigenvalue weighted by Crippen LogP contribution is 2.36. The minimum Gasteiger partial charge on any atom is -0.465 e. The molecule has 1 aliphatic carbocycles. The molecule has 31 heavy (non-hydrogen) atoms. The first kappa shape index (κ1) is 20.6. The molecular formula is C21H17F3N4O3. The van der Waals surface area contributed by atoms with Gasteiger partial charge in [-0.25, -0.2) is 14.8 Å². The smallest absolute Gasteiger partial charge is 0.416 e. The van der Waals surface area contributed by atoms with Gasteiger partial charge in [0.25, 0.3) is 0 Å². The number of hydrogen-bond acceptors (Lipinski definition) is 5. The van der Waals surface area contributed by atoms with Gasteiger partial charge < -0.3 is 15.5 Å². The SMILES string of the molecule is O=C(O)Nc1cc(C(F)(F)F)ccc1-c1cc(Nc2ccc3c(c2)CC(O)C3)ncn1. The molecule has 1 aliphatic rings. The summed E-state index contributed by atoms with van der Waals surface area (Å²) in [5.41, 5.74) is 2.04. The van der Waals surface area contributed by atoms with Crippen LogP contribution in [0.3, 0.4) is 0 Å². The van der Waals surface area contributed by atoms with Gasteiger partial charge in [0.05, 0.1) is 23.0 Å². The molecule has 1 amide bonds. The van der Waals surface area contributed by atoms with Crippen LogP contribution in [0.25, 0.3) is 11.3 Å². The minimum atomic E-state index is -4.62. The number of halogens is 3. The summed E-state index contributed by atoms with van der Waals surface area (Å²) in [6, 6.07) is 9.93. The summed E-state index contributed by atoms with van der Waals surface area (Å²) in [4.78, 5) is 19.3. The van der Waals surface area contributed by atoms with E-state index in [9.17, 15) is 23.1 Å². The van der Waals surface area contributed by atoms with Gasteiger partial charge in [-0.15, -0.1) is 0 Å². The number of aliphatic hydroxyl groups excluding tert-OH is 1. The lowest BCUT2D eigenvalue weighted by atomic mass is 10.1. The first-order chi connectivity index (χ1) is 14.7. The van der Waals surface area contributed by atoms with Crippen LogP contribution in [0.1, 0.15) is 16.7 Å². The Kier molecular flexibility index (Phi) is 5.24. The van der Waals surface area contributed by atoms with Crippen molar-refractivity contribution in [2.45, 2.75) is 25.1 Å². The summed E-state index contributed by atoms with van der Waals surface area (Å²) in [5.74, 6) is 0.379. The Labute approximate surface area is 174 Å². The van der Waals surface area contributed by atoms with E-state index in [0.717, 1.165) is 35.0 Å². The number of fused-ring (bicyclic) bond motifs is 1. The molecule has 1 heterocycles. The number of benzene rings is 2. The maximum absolute atomic E-state index is 13.0. The highest BCUT2D eigenvalue weighted by Gasteiger charge is 2.31. The molecule has 0 fully saturated rings. The molecule has 0 spiro atoms. The molecule has 160 valence electrons. The Bertz CT molecular complexity index is 1150. The number of anilines is 3. The maximum atomic E-state index is 13.0. The summed E-state index contributed by atoms with van der Waals surface area (Å²) in [6.07, 6.45) is -4.09. The second-order valence-electron chi connectivity index (χ2n) is 7.15. The van der Waals surface area contributed by atoms with E-state index in [0.29, 0.717) is 18.7 Å². The number of amides is 1. The first-order valence-electron chi connectivity index (χ1n) is 9.29. The van der Waals surface area contributed by atoms with Crippen molar-refractivity contribution in [3.05, 3.63) is 65.5 Å². The first-order valence-corrected chi connectivity index (χ1v) is 9.29. The van der Waals surface area contributed by atoms with Crippen LogP contribution in [0.2, 0.25) is 0 Å². The van der Waals surface area contributed by atoms with Crippen LogP contribution in [0.4, 0.5) is 35.2 Å². The van der Waals surface area contributed by atoms with Gasteiger partial charge in [0.2, 0.25) is 0 Å². The second kappa shape index (κ2) is 7.88. The van der Waals surface area contributed by atoms with Gasteiger partial charge in [0, 0.05) is 17.3 Å². The van der Waals surface area contributed by atoms with Gasteiger partial charge in [-0.1, -0.05) is 12.1 Å². The topological polar surface area (TPSA) is 107 Å². The monoisotopic (exact) mass is 430 g/mol. The Morgan fingerprint density at radius 2 is 1.81 bits per heavy atom. The van der Waals surface area contributed by atoms with Crippen molar-refractivity contribution in [2.75, 3.05) is 10.6 Å². The molecule has 0 saturated heterocycles. The predicted molar refractivity (Wildman–Crippen MR) is 107 cm³/mol. The van der Waals surface area contributed by atoms with Crippen molar-refractivity contribution in [2.24, 2.45) is 0 Å². The van der Waals surface area contributed by atoms with Gasteiger partial charge >= 0.3 is 12.3 Å². The fourth-order valence-corrected chi connectivity index (χ4v) is 3.56. The number of carboxylic acid groups (broad SMARTS) is 1. The molecular weight excluding hydrogens is 413 g/mol. The average Bonchev–Trinajstić information content (AvgIpc) is 3.06. The summed E-state index contributed by atoms with van der Waals surface area (Å²) in [5, 5.41) is 23.9. The third-order valence-electron chi connectivity index (χ3n) is 4.92. The number of nitrogens with zero attached hydrogens (tertiary/aromatic N) is 2. The molecule has 1 aromatic heterocycles. The zero-order valence-corrected chi connectivity index (χ0v) is 15.9. The van der Waals surface area contributed by atoms with Crippen LogP contribution in [0.5, 0.6) is 0 Å². The molecule has 7 nitrogen and oxygen atoms in total. The quantitative estimate of drug-likeness (QED) is 0.487. The lowest BCUT2D eigenvalue weighted by Crippen LogP contribution is -2.11. The van der Waals surface area contributed by atoms with E-state index in [1.165, 1.54) is 12.4 Å². The van der Waals surface area contributed by atoms with Gasteiger partial charge in [0.15, 0.2) is 0 Å². The molecule has 0 aliphatic heterocycles. The van der Waals surface area contributed by atoms with Crippen LogP contribution in [-0.4, -0.2) is 32.4 Å². The number of rotatable bonds is 4. The molecule has 0 saturated carbocycles. The number of aromatic nitrogens is 2. The Morgan fingerprint density at radius 1 is 1.03 bits per heavy atom. The van der Waals surface area contributed by atoms with E-state index in [1.807, 2.05) is 23.5 Å². The minimum absolute atomic E-state index is 0.179. The fourth-order valence-electron chi connectivity index (χ4n) is 3.56. The largest absolute Gasteiger partial charge is 0.465 e. The summed E-state index contributed by atoms with van der Waals surface area (Å²) >= 11 is 0. The maximum Gasteiger partial charge on any atom is 0.416 e. The van der Waals surface area contributed by atoms with E-state index >= 15 is 0 Å². The second-order valence-corrected chi connectivity index (χ2v) is 7.15. The molecule has 4 rings (SSSR count). The van der Waals surface area contributed by atoms with Crippen LogP contribution in [0.15, 0.2) is 48.8 Å². The number of hydrogen-bond donors (Lipinski definition) is 4. The lowest BCUT2D eigenvalue weighted by Gasteiger charge is -2.14. The van der Waals surface area contributed by atoms with E-state index in [4.69, 9.17) is 5.11 Å². The van der Waals surface area contributed by atoms with Gasteiger partial charge in [-0.3, -0.25) is 5.32 Å². The summed E-state index contributed by atoms with van der Waals surface area (Å²) < 4.78 is 39.1. The molecule has 0 radical (unpaired) electrons. The third kappa shape index (κ3) is 4.58. The highest BCUT2D eigenvalue weighted by molar-refractivity contribution is 5.90. The molecule has 1 atom stereocenters. The van der Waals surface area contributed by atoms with Gasteiger partial charge in [-0.05, 0) is 48.2 Å². The summed E-state index contributed by atoms with van der Waals surface area (Å²) in [6.45, 7) is 0. The van der Waals surface area contributed by atoms with Crippen molar-refractivity contribution in [1.29, 1.82) is 0 Å². The molecule has 3 aromatic rings. The van der Waals surface area contributed by atoms with Crippen LogP contribution in [-0.2, 0) is 19.0 Å². The van der Waals surface area contributed by atoms with E-state index in [-0.39, 0.29) is 16.9 Å². The zero-order valence-electron chi connectivity index (χ0n) is 15.9. The van der Waals surface area contributed by atoms with E-state index in [2.05, 4.69) is 15.3 Å². The van der Waals surface area contributed by atoms with Crippen LogP contribution in [0, 0.1) is 0 Å². The highest BCUT2D eigenvalue weighted by atomic mass is 19.4. The summed E-state index contributed by atoms with van der Waals surface area (Å²) in [7, 11) is 0. The number of nitrogens with one attached hydrogen (secondary N) is 2. The van der Waals surface area contributed by atoms with Crippen molar-refractivity contribution in [3.8, 4) is 11.3 Å². The normalized spacial score (nSPS) is 15.4. The zero-order chi connectivity index (χ0) is 22.2. The number of alkyl halides is 3. The molecule has 4 N–H and O–H groups in total. The third-order valence-corrected chi connectivity index (χ3v) is 4.92. The number of carbonyl (C=O) groups is 1. The van der Waals surface area contributed by atoms with E-state index < -0.39 is 23.9 Å². The standard InChI is InChI=1S/C21H17F3N4O3/c22-21(23,24)13-2-4-16(18(8-13)28-20(30)31)17-9-19(26-10-25-17)27-14-3-1-11-6-15(29)7-12(11)5-14/h1-5,8-10,15,28-29H,6-7H2,(H,30,31)(H,25,26,27). The van der Waals surface area contributed by atoms with Gasteiger partial charge in [0.1, 0.15) is 12.1 Å². The van der Waals surface area contributed by atoms with Crippen LogP contribution < -0.4 is 10.6 Å². The van der Waals surface area contributed by atoms with Crippen molar-refractivity contribution in [1.82, 2.24) is 9.97 Å².